The van der Waals surface area contributed by atoms with Crippen molar-refractivity contribution in [2.45, 2.75) is 66.3 Å². The van der Waals surface area contributed by atoms with Gasteiger partial charge in [0.15, 0.2) is 5.96 Å². The van der Waals surface area contributed by atoms with Crippen LogP contribution in [0, 0.1) is 12.8 Å². The first-order valence-electron chi connectivity index (χ1n) is 8.38. The highest BCUT2D eigenvalue weighted by atomic mass is 127. The minimum absolute atomic E-state index is 0. The Kier molecular flexibility index (Phi) is 11.9. The van der Waals surface area contributed by atoms with Crippen LogP contribution in [0.2, 0.25) is 0 Å². The molecule has 1 unspecified atom stereocenters. The van der Waals surface area contributed by atoms with Crippen molar-refractivity contribution in [1.82, 2.24) is 15.6 Å². The highest BCUT2D eigenvalue weighted by Gasteiger charge is 2.08. The maximum Gasteiger partial charge on any atom is 0.191 e. The summed E-state index contributed by atoms with van der Waals surface area (Å²) in [5.41, 5.74) is 1.24. The third kappa shape index (κ3) is 8.88. The maximum atomic E-state index is 4.68. The van der Waals surface area contributed by atoms with Gasteiger partial charge in [-0.15, -0.1) is 35.3 Å². The van der Waals surface area contributed by atoms with Gasteiger partial charge in [0.25, 0.3) is 0 Å². The smallest absolute Gasteiger partial charge is 0.191 e. The fourth-order valence-corrected chi connectivity index (χ4v) is 3.32. The van der Waals surface area contributed by atoms with Gasteiger partial charge in [-0.2, -0.15) is 0 Å². The van der Waals surface area contributed by atoms with Crippen LogP contribution in [0.5, 0.6) is 0 Å². The molecule has 1 aromatic heterocycles. The molecule has 0 spiro atoms. The topological polar surface area (TPSA) is 49.3 Å². The summed E-state index contributed by atoms with van der Waals surface area (Å²) in [5, 5.41) is 8.06. The zero-order valence-corrected chi connectivity index (χ0v) is 18.5. The number of hydrogen-bond donors (Lipinski definition) is 2. The van der Waals surface area contributed by atoms with Crippen LogP contribution in [-0.4, -0.2) is 30.6 Å². The Bertz CT molecular complexity index is 471. The second kappa shape index (κ2) is 12.1. The van der Waals surface area contributed by atoms with Crippen molar-refractivity contribution in [3.05, 3.63) is 15.6 Å². The SMILES string of the molecule is CCc1nc(CCNC(=NC)NC(C)CCC(C)C)sc1C.I. The standard InChI is InChI=1S/C17H32N4S.HI/c1-7-15-14(5)22-16(21-15)10-11-19-17(18-6)20-13(4)9-8-12(2)3;/h12-13H,7-11H2,1-6H3,(H2,18,19,20);1H. The molecule has 4 nitrogen and oxygen atoms in total. The minimum Gasteiger partial charge on any atom is -0.356 e. The lowest BCUT2D eigenvalue weighted by molar-refractivity contribution is 0.489. The van der Waals surface area contributed by atoms with Crippen molar-refractivity contribution in [1.29, 1.82) is 0 Å². The van der Waals surface area contributed by atoms with Gasteiger partial charge in [0, 0.05) is 30.9 Å². The van der Waals surface area contributed by atoms with Gasteiger partial charge in [0.2, 0.25) is 0 Å². The third-order valence-corrected chi connectivity index (χ3v) is 4.76. The molecule has 0 aliphatic rings. The quantitative estimate of drug-likeness (QED) is 0.354. The summed E-state index contributed by atoms with van der Waals surface area (Å²) in [6, 6.07) is 0.447. The molecule has 2 N–H and O–H groups in total. The number of nitrogens with one attached hydrogen (secondary N) is 2. The summed E-state index contributed by atoms with van der Waals surface area (Å²) in [4.78, 5) is 10.3. The molecule has 23 heavy (non-hydrogen) atoms. The van der Waals surface area contributed by atoms with E-state index in [2.05, 4.69) is 55.2 Å². The largest absolute Gasteiger partial charge is 0.356 e. The zero-order chi connectivity index (χ0) is 16.5. The first-order chi connectivity index (χ1) is 10.5. The normalized spacial score (nSPS) is 12.9. The van der Waals surface area contributed by atoms with Crippen molar-refractivity contribution in [2.75, 3.05) is 13.6 Å². The van der Waals surface area contributed by atoms with Crippen LogP contribution in [0.25, 0.3) is 0 Å². The number of aryl methyl sites for hydroxylation is 2. The lowest BCUT2D eigenvalue weighted by atomic mass is 10.0. The molecule has 1 heterocycles. The average molecular weight is 452 g/mol. The van der Waals surface area contributed by atoms with E-state index in [-0.39, 0.29) is 24.0 Å². The molecule has 0 saturated heterocycles. The number of halogens is 1. The molecule has 0 amide bonds. The summed E-state index contributed by atoms with van der Waals surface area (Å²) in [5.74, 6) is 1.64. The Morgan fingerprint density at radius 2 is 1.96 bits per heavy atom. The number of guanidine groups is 1. The molecule has 0 aliphatic heterocycles. The lowest BCUT2D eigenvalue weighted by Gasteiger charge is -2.18. The van der Waals surface area contributed by atoms with Crippen LogP contribution in [0.15, 0.2) is 4.99 Å². The number of aliphatic imine (C=N–C) groups is 1. The van der Waals surface area contributed by atoms with E-state index in [0.717, 1.165) is 31.3 Å². The molecule has 1 aromatic rings. The molecule has 0 radical (unpaired) electrons. The Labute approximate surface area is 163 Å². The second-order valence-corrected chi connectivity index (χ2v) is 7.52. The summed E-state index contributed by atoms with van der Waals surface area (Å²) < 4.78 is 0. The van der Waals surface area contributed by atoms with E-state index in [1.165, 1.54) is 28.4 Å². The first kappa shape index (κ1) is 22.6. The van der Waals surface area contributed by atoms with Crippen LogP contribution in [0.4, 0.5) is 0 Å². The first-order valence-corrected chi connectivity index (χ1v) is 9.20. The van der Waals surface area contributed by atoms with Gasteiger partial charge in [-0.3, -0.25) is 4.99 Å². The molecule has 1 atom stereocenters. The molecular weight excluding hydrogens is 419 g/mol. The van der Waals surface area contributed by atoms with E-state index < -0.39 is 0 Å². The van der Waals surface area contributed by atoms with Crippen molar-refractivity contribution < 1.29 is 0 Å². The number of nitrogens with zero attached hydrogens (tertiary/aromatic N) is 2. The molecule has 1 rings (SSSR count). The third-order valence-electron chi connectivity index (χ3n) is 3.69. The van der Waals surface area contributed by atoms with Crippen LogP contribution >= 0.6 is 35.3 Å². The summed E-state index contributed by atoms with van der Waals surface area (Å²) in [6.07, 6.45) is 4.38. The highest BCUT2D eigenvalue weighted by molar-refractivity contribution is 14.0. The number of rotatable bonds is 8. The van der Waals surface area contributed by atoms with Crippen LogP contribution in [0.1, 0.15) is 56.1 Å². The number of hydrogen-bond acceptors (Lipinski definition) is 3. The van der Waals surface area contributed by atoms with E-state index in [0.29, 0.717) is 6.04 Å². The maximum absolute atomic E-state index is 4.68. The van der Waals surface area contributed by atoms with Gasteiger partial charge in [0.1, 0.15) is 0 Å². The number of thiazole rings is 1. The zero-order valence-electron chi connectivity index (χ0n) is 15.4. The van der Waals surface area contributed by atoms with Gasteiger partial charge in [-0.25, -0.2) is 4.98 Å². The van der Waals surface area contributed by atoms with Crippen molar-refractivity contribution in [3.63, 3.8) is 0 Å². The molecule has 6 heteroatoms. The monoisotopic (exact) mass is 452 g/mol. The molecule has 0 fully saturated rings. The van der Waals surface area contributed by atoms with Gasteiger partial charge >= 0.3 is 0 Å². The average Bonchev–Trinajstić information content (AvgIpc) is 2.84. The molecular formula is C17H33IN4S. The Balaban J connectivity index is 0.00000484. The van der Waals surface area contributed by atoms with E-state index in [1.54, 1.807) is 0 Å². The Hall–Kier alpha value is -0.370. The molecule has 0 aromatic carbocycles. The highest BCUT2D eigenvalue weighted by Crippen LogP contribution is 2.17. The predicted octanol–water partition coefficient (Wildman–Crippen LogP) is 4.16. The second-order valence-electron chi connectivity index (χ2n) is 6.23. The summed E-state index contributed by atoms with van der Waals surface area (Å²) in [7, 11) is 1.83. The molecule has 0 bridgehead atoms. The molecule has 134 valence electrons. The van der Waals surface area contributed by atoms with Crippen LogP contribution in [0.3, 0.4) is 0 Å². The van der Waals surface area contributed by atoms with Gasteiger partial charge in [-0.05, 0) is 39.0 Å². The van der Waals surface area contributed by atoms with Crippen molar-refractivity contribution in [2.24, 2.45) is 10.9 Å². The van der Waals surface area contributed by atoms with Gasteiger partial charge in [0.05, 0.1) is 10.7 Å². The predicted molar refractivity (Wildman–Crippen MR) is 113 cm³/mol. The fraction of sp³-hybridized carbons (Fsp3) is 0.765. The van der Waals surface area contributed by atoms with E-state index in [1.807, 2.05) is 18.4 Å². The summed E-state index contributed by atoms with van der Waals surface area (Å²) >= 11 is 1.81. The summed E-state index contributed by atoms with van der Waals surface area (Å²) in [6.45, 7) is 11.9. The van der Waals surface area contributed by atoms with Gasteiger partial charge < -0.3 is 10.6 Å². The van der Waals surface area contributed by atoms with Crippen LogP contribution in [-0.2, 0) is 12.8 Å². The minimum atomic E-state index is 0. The van der Waals surface area contributed by atoms with Crippen LogP contribution < -0.4 is 10.6 Å². The van der Waals surface area contributed by atoms with E-state index in [4.69, 9.17) is 0 Å². The Morgan fingerprint density at radius 3 is 2.48 bits per heavy atom. The van der Waals surface area contributed by atoms with E-state index in [9.17, 15) is 0 Å². The van der Waals surface area contributed by atoms with Gasteiger partial charge in [-0.1, -0.05) is 20.8 Å². The van der Waals surface area contributed by atoms with Crippen molar-refractivity contribution in [3.8, 4) is 0 Å². The van der Waals surface area contributed by atoms with E-state index >= 15 is 0 Å². The number of aromatic nitrogens is 1. The molecule has 0 aliphatic carbocycles. The Morgan fingerprint density at radius 1 is 1.26 bits per heavy atom. The van der Waals surface area contributed by atoms with Crippen molar-refractivity contribution >= 4 is 41.3 Å². The lowest BCUT2D eigenvalue weighted by Crippen LogP contribution is -2.43. The fourth-order valence-electron chi connectivity index (χ4n) is 2.29. The molecule has 0 saturated carbocycles.